The molecule has 2 rings (SSSR count). The topological polar surface area (TPSA) is 134 Å². The summed E-state index contributed by atoms with van der Waals surface area (Å²) in [5, 5.41) is 15.0. The molecule has 0 radical (unpaired) electrons. The van der Waals surface area contributed by atoms with Gasteiger partial charge in [0.2, 0.25) is 11.8 Å². The predicted octanol–water partition coefficient (Wildman–Crippen LogP) is 2.28. The first-order valence-corrected chi connectivity index (χ1v) is 12.3. The molecule has 0 aliphatic rings. The fraction of sp³-hybridized carbons (Fsp3) is 0.429. The van der Waals surface area contributed by atoms with Gasteiger partial charge in [-0.15, -0.1) is 0 Å². The van der Waals surface area contributed by atoms with Gasteiger partial charge in [-0.05, 0) is 44.4 Å². The molecule has 0 spiro atoms. The van der Waals surface area contributed by atoms with Crippen LogP contribution in [0, 0.1) is 6.92 Å². The van der Waals surface area contributed by atoms with Crippen molar-refractivity contribution in [2.45, 2.75) is 51.8 Å². The summed E-state index contributed by atoms with van der Waals surface area (Å²) in [6.07, 6.45) is -0.677. The van der Waals surface area contributed by atoms with Gasteiger partial charge in [-0.2, -0.15) is 0 Å². The fourth-order valence-electron chi connectivity index (χ4n) is 3.85. The zero-order valence-electron chi connectivity index (χ0n) is 22.5. The van der Waals surface area contributed by atoms with E-state index in [0.29, 0.717) is 5.56 Å². The van der Waals surface area contributed by atoms with Gasteiger partial charge >= 0.3 is 12.1 Å². The van der Waals surface area contributed by atoms with E-state index in [1.54, 1.807) is 52.0 Å². The molecular weight excluding hydrogens is 490 g/mol. The average Bonchev–Trinajstić information content (AvgIpc) is 2.86. The lowest BCUT2D eigenvalue weighted by Crippen LogP contribution is -2.54. The van der Waals surface area contributed by atoms with Crippen LogP contribution in [0.4, 0.5) is 4.79 Å². The zero-order valence-corrected chi connectivity index (χ0v) is 22.5. The number of alkyl carbamates (subject to hydrolysis) is 1. The number of benzene rings is 2. The monoisotopic (exact) mass is 527 g/mol. The molecule has 0 aliphatic carbocycles. The van der Waals surface area contributed by atoms with E-state index in [1.165, 1.54) is 12.0 Å². The molecule has 0 heterocycles. The second-order valence-electron chi connectivity index (χ2n) is 9.70. The van der Waals surface area contributed by atoms with Crippen LogP contribution in [0.1, 0.15) is 43.5 Å². The number of ether oxygens (including phenoxy) is 2. The van der Waals surface area contributed by atoms with Crippen molar-refractivity contribution < 1.29 is 33.8 Å². The van der Waals surface area contributed by atoms with Crippen LogP contribution >= 0.6 is 0 Å². The molecule has 38 heavy (non-hydrogen) atoms. The number of hydrogen-bond acceptors (Lipinski definition) is 7. The van der Waals surface area contributed by atoms with Crippen molar-refractivity contribution in [3.8, 4) is 0 Å². The first kappa shape index (κ1) is 30.3. The molecule has 3 N–H and O–H groups in total. The lowest BCUT2D eigenvalue weighted by atomic mass is 9.97. The number of amides is 3. The Kier molecular flexibility index (Phi) is 11.3. The van der Waals surface area contributed by atoms with Crippen molar-refractivity contribution in [3.05, 3.63) is 71.3 Å². The molecule has 0 fully saturated rings. The maximum atomic E-state index is 14.0. The number of aryl methyl sites for hydroxylation is 1. The average molecular weight is 528 g/mol. The van der Waals surface area contributed by atoms with Crippen molar-refractivity contribution in [2.24, 2.45) is 0 Å². The van der Waals surface area contributed by atoms with E-state index in [2.05, 4.69) is 15.4 Å². The van der Waals surface area contributed by atoms with Gasteiger partial charge in [-0.3, -0.25) is 14.4 Å². The number of carbonyl (C=O) groups is 4. The predicted molar refractivity (Wildman–Crippen MR) is 141 cm³/mol. The molecule has 0 bridgehead atoms. The maximum Gasteiger partial charge on any atom is 0.408 e. The quantitative estimate of drug-likeness (QED) is 0.382. The molecule has 10 heteroatoms. The van der Waals surface area contributed by atoms with Crippen LogP contribution in [0.3, 0.4) is 0 Å². The van der Waals surface area contributed by atoms with Gasteiger partial charge in [-0.25, -0.2) is 4.79 Å². The summed E-state index contributed by atoms with van der Waals surface area (Å²) in [5.41, 5.74) is 1.20. The number of nitrogens with zero attached hydrogens (tertiary/aromatic N) is 1. The summed E-state index contributed by atoms with van der Waals surface area (Å²) in [6.45, 7) is 5.86. The summed E-state index contributed by atoms with van der Waals surface area (Å²) >= 11 is 0. The minimum atomic E-state index is -1.20. The van der Waals surface area contributed by atoms with Crippen molar-refractivity contribution in [1.82, 2.24) is 15.5 Å². The number of hydrogen-bond donors (Lipinski definition) is 3. The van der Waals surface area contributed by atoms with E-state index in [0.717, 1.165) is 11.1 Å². The van der Waals surface area contributed by atoms with Crippen LogP contribution in [-0.4, -0.2) is 72.3 Å². The molecule has 0 aliphatic heterocycles. The number of carbonyl (C=O) groups excluding carboxylic acids is 4. The molecule has 0 saturated carbocycles. The van der Waals surface area contributed by atoms with Gasteiger partial charge in [-0.1, -0.05) is 54.6 Å². The Bertz CT molecular complexity index is 1100. The molecular formula is C28H37N3O7. The van der Waals surface area contributed by atoms with Gasteiger partial charge in [0, 0.05) is 13.0 Å². The van der Waals surface area contributed by atoms with Crippen LogP contribution < -0.4 is 10.6 Å². The van der Waals surface area contributed by atoms with Crippen LogP contribution in [0.15, 0.2) is 54.6 Å². The number of nitrogens with one attached hydrogen (secondary N) is 2. The molecule has 0 saturated heterocycles. The Morgan fingerprint density at radius 3 is 2.21 bits per heavy atom. The molecule has 0 aromatic heterocycles. The van der Waals surface area contributed by atoms with Crippen molar-refractivity contribution in [2.75, 3.05) is 26.8 Å². The highest BCUT2D eigenvalue weighted by atomic mass is 16.6. The second kappa shape index (κ2) is 14.1. The van der Waals surface area contributed by atoms with Crippen molar-refractivity contribution in [1.29, 1.82) is 0 Å². The Balaban J connectivity index is 2.51. The lowest BCUT2D eigenvalue weighted by molar-refractivity contribution is -0.145. The Morgan fingerprint density at radius 2 is 1.63 bits per heavy atom. The molecule has 206 valence electrons. The fourth-order valence-corrected chi connectivity index (χ4v) is 3.85. The minimum Gasteiger partial charge on any atom is -0.468 e. The molecule has 3 amide bonds. The van der Waals surface area contributed by atoms with Crippen molar-refractivity contribution in [3.63, 3.8) is 0 Å². The molecule has 2 atom stereocenters. The summed E-state index contributed by atoms with van der Waals surface area (Å²) in [7, 11) is 1.20. The molecule has 2 aromatic rings. The third-order valence-corrected chi connectivity index (χ3v) is 5.57. The third kappa shape index (κ3) is 9.19. The highest BCUT2D eigenvalue weighted by Gasteiger charge is 2.37. The normalized spacial score (nSPS) is 12.6. The highest BCUT2D eigenvalue weighted by molar-refractivity contribution is 5.93. The third-order valence-electron chi connectivity index (χ3n) is 5.57. The van der Waals surface area contributed by atoms with Crippen LogP contribution in [0.2, 0.25) is 0 Å². The number of esters is 1. The van der Waals surface area contributed by atoms with Gasteiger partial charge < -0.3 is 30.1 Å². The smallest absolute Gasteiger partial charge is 0.408 e. The summed E-state index contributed by atoms with van der Waals surface area (Å²) < 4.78 is 10.0. The van der Waals surface area contributed by atoms with E-state index < -0.39 is 54.7 Å². The van der Waals surface area contributed by atoms with Crippen LogP contribution in [-0.2, 0) is 30.3 Å². The Morgan fingerprint density at radius 1 is 1.00 bits per heavy atom. The highest BCUT2D eigenvalue weighted by Crippen LogP contribution is 2.26. The maximum absolute atomic E-state index is 14.0. The summed E-state index contributed by atoms with van der Waals surface area (Å²) in [6, 6.07) is 13.8. The van der Waals surface area contributed by atoms with E-state index in [9.17, 15) is 24.3 Å². The van der Waals surface area contributed by atoms with E-state index in [1.807, 2.05) is 30.3 Å². The van der Waals surface area contributed by atoms with Crippen LogP contribution in [0.25, 0.3) is 0 Å². The Labute approximate surface area is 223 Å². The van der Waals surface area contributed by atoms with E-state index >= 15 is 0 Å². The minimum absolute atomic E-state index is 0.116. The van der Waals surface area contributed by atoms with E-state index in [-0.39, 0.29) is 13.0 Å². The Hall–Kier alpha value is -3.92. The van der Waals surface area contributed by atoms with Gasteiger partial charge in [0.1, 0.15) is 24.2 Å². The lowest BCUT2D eigenvalue weighted by Gasteiger charge is -2.34. The number of aliphatic hydroxyl groups excluding tert-OH is 1. The van der Waals surface area contributed by atoms with Crippen LogP contribution in [0.5, 0.6) is 0 Å². The first-order chi connectivity index (χ1) is 18.0. The summed E-state index contributed by atoms with van der Waals surface area (Å²) in [4.78, 5) is 53.1. The number of rotatable bonds is 11. The van der Waals surface area contributed by atoms with Crippen molar-refractivity contribution >= 4 is 23.9 Å². The zero-order chi connectivity index (χ0) is 28.3. The molecule has 2 unspecified atom stereocenters. The first-order valence-electron chi connectivity index (χ1n) is 12.3. The summed E-state index contributed by atoms with van der Waals surface area (Å²) in [5.74, 6) is -1.90. The van der Waals surface area contributed by atoms with Gasteiger partial charge in [0.15, 0.2) is 0 Å². The second-order valence-corrected chi connectivity index (χ2v) is 9.70. The standard InChI is InChI=1S/C28H37N3O7/c1-19-11-9-10-14-21(19)24(25(34)29-18-23(33)37-5)31(15-16-32)26(35)22(17-20-12-7-6-8-13-20)30-27(36)38-28(2,3)4/h6-14,22,24,32H,15-18H2,1-5H3,(H,29,34)(H,30,36). The SMILES string of the molecule is COC(=O)CNC(=O)C(c1ccccc1C)N(CCO)C(=O)C(Cc1ccccc1)NC(=O)OC(C)(C)C. The largest absolute Gasteiger partial charge is 0.468 e. The van der Waals surface area contributed by atoms with Gasteiger partial charge in [0.05, 0.1) is 13.7 Å². The van der Waals surface area contributed by atoms with Gasteiger partial charge in [0.25, 0.3) is 0 Å². The van der Waals surface area contributed by atoms with E-state index in [4.69, 9.17) is 4.74 Å². The number of methoxy groups -OCH3 is 1. The number of aliphatic hydroxyl groups is 1. The molecule has 10 nitrogen and oxygen atoms in total. The molecule has 2 aromatic carbocycles.